The molecular formula is C22H23N5O8. The maximum absolute atomic E-state index is 13.7. The van der Waals surface area contributed by atoms with Gasteiger partial charge in [-0.25, -0.2) is 0 Å². The molecule has 0 saturated heterocycles. The lowest BCUT2D eigenvalue weighted by molar-refractivity contribution is -0.189. The van der Waals surface area contributed by atoms with E-state index in [0.717, 1.165) is 0 Å². The third-order valence-electron chi connectivity index (χ3n) is 7.55. The number of primary amides is 1. The first-order chi connectivity index (χ1) is 16.3. The molecule has 5 N–H and O–H groups in total. The van der Waals surface area contributed by atoms with E-state index in [-0.39, 0.29) is 16.8 Å². The van der Waals surface area contributed by atoms with Crippen LogP contribution in [0.4, 0.5) is 11.4 Å². The number of phenols is 1. The van der Waals surface area contributed by atoms with Crippen molar-refractivity contribution in [2.45, 2.75) is 31.0 Å². The second-order valence-electron chi connectivity index (χ2n) is 9.44. The van der Waals surface area contributed by atoms with Crippen LogP contribution < -0.4 is 10.6 Å². The predicted octanol–water partition coefficient (Wildman–Crippen LogP) is -0.134. The number of hydrogen-bond donors (Lipinski definition) is 4. The molecule has 2 saturated carbocycles. The number of ketones is 4. The standard InChI is InChI=1S/C22H23N5O8/c1-6-11-9(27(2)3)5-8(25-26-24)17(30)14(11)18(31)15-12(6)16(29)7-4-10(28)13(21(23)34)19(32)22(7,35)20(15)33/h5-7,12-13,15-16,29-30,35H,4H2,1-3H3,(H2,23,34)/t6-,7-,12-,13?,15?,16+,22-/m1/s1. The van der Waals surface area contributed by atoms with E-state index in [0.29, 0.717) is 5.69 Å². The summed E-state index contributed by atoms with van der Waals surface area (Å²) < 4.78 is 0. The zero-order valence-corrected chi connectivity index (χ0v) is 19.0. The van der Waals surface area contributed by atoms with Gasteiger partial charge in [0.05, 0.1) is 23.3 Å². The molecule has 0 aromatic heterocycles. The molecule has 35 heavy (non-hydrogen) atoms. The highest BCUT2D eigenvalue weighted by Gasteiger charge is 2.70. The lowest BCUT2D eigenvalue weighted by Gasteiger charge is -2.53. The fraction of sp³-hybridized carbons (Fsp3) is 0.500. The molecule has 4 rings (SSSR count). The SMILES string of the molecule is C[C@@H]1c2c(N(C)C)cc(N=[N+]=[N-])c(O)c2C(=O)C2C(=O)[C@]3(O)C(=O)C(C(N)=O)C(=O)C[C@@H]3[C@H](O)[C@@H]21. The Morgan fingerprint density at radius 2 is 1.89 bits per heavy atom. The van der Waals surface area contributed by atoms with Crippen molar-refractivity contribution in [3.8, 4) is 5.75 Å². The summed E-state index contributed by atoms with van der Waals surface area (Å²) in [5.41, 5.74) is 11.1. The molecule has 1 amide bonds. The van der Waals surface area contributed by atoms with Crippen molar-refractivity contribution >= 4 is 40.4 Å². The van der Waals surface area contributed by atoms with Crippen LogP contribution in [0, 0.1) is 23.7 Å². The summed E-state index contributed by atoms with van der Waals surface area (Å²) >= 11 is 0. The van der Waals surface area contributed by atoms with Crippen LogP contribution in [0.1, 0.15) is 35.2 Å². The van der Waals surface area contributed by atoms with Gasteiger partial charge in [-0.05, 0) is 23.1 Å². The Hall–Kier alpha value is -3.80. The summed E-state index contributed by atoms with van der Waals surface area (Å²) in [6.45, 7) is 1.60. The zero-order valence-electron chi connectivity index (χ0n) is 19.0. The molecule has 1 aromatic rings. The molecule has 7 atom stereocenters. The van der Waals surface area contributed by atoms with E-state index in [4.69, 9.17) is 11.3 Å². The van der Waals surface area contributed by atoms with Gasteiger partial charge in [-0.3, -0.25) is 24.0 Å². The zero-order chi connectivity index (χ0) is 26.1. The molecule has 3 aliphatic carbocycles. The Balaban J connectivity index is 1.97. The summed E-state index contributed by atoms with van der Waals surface area (Å²) in [5.74, 6) is -14.1. The Morgan fingerprint density at radius 3 is 2.43 bits per heavy atom. The van der Waals surface area contributed by atoms with Gasteiger partial charge in [0, 0.05) is 43.0 Å². The van der Waals surface area contributed by atoms with Crippen LogP contribution in [-0.4, -0.2) is 70.2 Å². The number of hydrogen-bond acceptors (Lipinski definition) is 10. The fourth-order valence-corrected chi connectivity index (χ4v) is 5.96. The topological polar surface area (TPSA) is 224 Å². The van der Waals surface area contributed by atoms with Gasteiger partial charge in [0.15, 0.2) is 34.7 Å². The number of anilines is 1. The van der Waals surface area contributed by atoms with Crippen LogP contribution in [0.3, 0.4) is 0 Å². The van der Waals surface area contributed by atoms with Crippen molar-refractivity contribution in [2.75, 3.05) is 19.0 Å². The average Bonchev–Trinajstić information content (AvgIpc) is 2.77. The molecule has 3 aliphatic rings. The maximum Gasteiger partial charge on any atom is 0.235 e. The molecular weight excluding hydrogens is 462 g/mol. The van der Waals surface area contributed by atoms with E-state index >= 15 is 0 Å². The first-order valence-electron chi connectivity index (χ1n) is 10.8. The molecule has 0 aliphatic heterocycles. The Bertz CT molecular complexity index is 1270. The molecule has 13 nitrogen and oxygen atoms in total. The first kappa shape index (κ1) is 24.3. The second-order valence-corrected chi connectivity index (χ2v) is 9.44. The van der Waals surface area contributed by atoms with Crippen LogP contribution in [0.25, 0.3) is 10.4 Å². The number of amides is 1. The summed E-state index contributed by atoms with van der Waals surface area (Å²) in [6, 6.07) is 1.36. The third kappa shape index (κ3) is 3.02. The molecule has 184 valence electrons. The minimum atomic E-state index is -3.00. The number of aliphatic hydroxyl groups excluding tert-OH is 1. The van der Waals surface area contributed by atoms with E-state index in [1.165, 1.54) is 6.07 Å². The lowest BCUT2D eigenvalue weighted by Crippen LogP contribution is -2.72. The number of nitrogens with two attached hydrogens (primary N) is 1. The van der Waals surface area contributed by atoms with Gasteiger partial charge in [0.1, 0.15) is 5.75 Å². The largest absolute Gasteiger partial charge is 0.507 e. The second kappa shape index (κ2) is 7.87. The summed E-state index contributed by atoms with van der Waals surface area (Å²) in [6.07, 6.45) is -2.33. The molecule has 13 heteroatoms. The van der Waals surface area contributed by atoms with Gasteiger partial charge in [0.2, 0.25) is 5.91 Å². The van der Waals surface area contributed by atoms with E-state index in [1.807, 2.05) is 0 Å². The van der Waals surface area contributed by atoms with Gasteiger partial charge < -0.3 is 26.0 Å². The average molecular weight is 485 g/mol. The highest BCUT2D eigenvalue weighted by Crippen LogP contribution is 2.56. The molecule has 0 radical (unpaired) electrons. The van der Waals surface area contributed by atoms with Crippen molar-refractivity contribution in [1.29, 1.82) is 0 Å². The van der Waals surface area contributed by atoms with Crippen LogP contribution in [0.15, 0.2) is 11.2 Å². The van der Waals surface area contributed by atoms with Crippen molar-refractivity contribution < 1.29 is 39.3 Å². The number of aromatic hydroxyl groups is 1. The normalized spacial score (nSPS) is 33.9. The van der Waals surface area contributed by atoms with Crippen LogP contribution in [0.5, 0.6) is 5.75 Å². The van der Waals surface area contributed by atoms with E-state index in [2.05, 4.69) is 10.0 Å². The van der Waals surface area contributed by atoms with Gasteiger partial charge in [-0.2, -0.15) is 0 Å². The number of fused-ring (bicyclic) bond motifs is 3. The smallest absolute Gasteiger partial charge is 0.235 e. The molecule has 1 aromatic carbocycles. The summed E-state index contributed by atoms with van der Waals surface area (Å²) in [7, 11) is 3.28. The number of rotatable bonds is 3. The van der Waals surface area contributed by atoms with Crippen LogP contribution in [0.2, 0.25) is 0 Å². The number of aliphatic hydroxyl groups is 2. The van der Waals surface area contributed by atoms with Crippen molar-refractivity contribution in [1.82, 2.24) is 0 Å². The van der Waals surface area contributed by atoms with Crippen molar-refractivity contribution in [3.05, 3.63) is 27.6 Å². The highest BCUT2D eigenvalue weighted by molar-refractivity contribution is 6.31. The molecule has 2 fully saturated rings. The quantitative estimate of drug-likeness (QED) is 0.193. The van der Waals surface area contributed by atoms with Gasteiger partial charge in [0.25, 0.3) is 0 Å². The van der Waals surface area contributed by atoms with Crippen LogP contribution >= 0.6 is 0 Å². The highest BCUT2D eigenvalue weighted by atomic mass is 16.3. The number of nitrogens with zero attached hydrogens (tertiary/aromatic N) is 4. The number of Topliss-reactive ketones (excluding diaryl/α,β-unsaturated/α-hetero) is 4. The Kier molecular flexibility index (Phi) is 5.47. The number of carbonyl (C=O) groups excluding carboxylic acids is 5. The van der Waals surface area contributed by atoms with Gasteiger partial charge in [-0.15, -0.1) is 0 Å². The van der Waals surface area contributed by atoms with E-state index in [1.54, 1.807) is 25.9 Å². The van der Waals surface area contributed by atoms with Gasteiger partial charge in [-0.1, -0.05) is 12.0 Å². The number of azide groups is 1. The third-order valence-corrected chi connectivity index (χ3v) is 7.55. The molecule has 0 heterocycles. The van der Waals surface area contributed by atoms with E-state index < -0.39 is 82.5 Å². The maximum atomic E-state index is 13.7. The van der Waals surface area contributed by atoms with Crippen molar-refractivity contribution in [3.63, 3.8) is 0 Å². The predicted molar refractivity (Wildman–Crippen MR) is 118 cm³/mol. The minimum Gasteiger partial charge on any atom is -0.507 e. The molecule has 2 unspecified atom stereocenters. The Morgan fingerprint density at radius 1 is 1.26 bits per heavy atom. The minimum absolute atomic E-state index is 0.274. The number of carbonyl (C=O) groups is 5. The number of benzene rings is 1. The summed E-state index contributed by atoms with van der Waals surface area (Å²) in [5, 5.41) is 36.7. The van der Waals surface area contributed by atoms with Crippen LogP contribution in [-0.2, 0) is 19.2 Å². The van der Waals surface area contributed by atoms with Crippen molar-refractivity contribution in [2.24, 2.45) is 34.5 Å². The fourth-order valence-electron chi connectivity index (χ4n) is 5.96. The van der Waals surface area contributed by atoms with E-state index in [9.17, 15) is 39.3 Å². The Labute approximate surface area is 198 Å². The van der Waals surface area contributed by atoms with Gasteiger partial charge >= 0.3 is 0 Å². The summed E-state index contributed by atoms with van der Waals surface area (Å²) in [4.78, 5) is 68.8. The lowest BCUT2D eigenvalue weighted by atomic mass is 9.50. The monoisotopic (exact) mass is 485 g/mol. The molecule has 0 spiro atoms. The molecule has 0 bridgehead atoms. The first-order valence-corrected chi connectivity index (χ1v) is 10.8. The number of phenolic OH excluding ortho intramolecular Hbond substituents is 1.